The molecule has 2 N–H and O–H groups in total. The van der Waals surface area contributed by atoms with Crippen LogP contribution in [-0.4, -0.2) is 114 Å². The zero-order valence-electron chi connectivity index (χ0n) is 43.7. The predicted octanol–water partition coefficient (Wildman–Crippen LogP) is 7.20. The van der Waals surface area contributed by atoms with Gasteiger partial charge in [-0.3, -0.25) is 29.2 Å². The summed E-state index contributed by atoms with van der Waals surface area (Å²) in [4.78, 5) is 55.4. The number of rotatable bonds is 26. The Balaban J connectivity index is 0.612. The summed E-state index contributed by atoms with van der Waals surface area (Å²) in [5.74, 6) is -0.533. The van der Waals surface area contributed by atoms with Gasteiger partial charge in [0.1, 0.15) is 43.5 Å². The lowest BCUT2D eigenvalue weighted by Gasteiger charge is -2.32. The van der Waals surface area contributed by atoms with Crippen molar-refractivity contribution in [3.8, 4) is 11.5 Å². The lowest BCUT2D eigenvalue weighted by molar-refractivity contribution is -0.686. The highest BCUT2D eigenvalue weighted by molar-refractivity contribution is 6.26. The Morgan fingerprint density at radius 3 is 1.95 bits per heavy atom. The number of quaternary nitrogens is 1. The molecular weight excluding hydrogens is 967 g/mol. The Kier molecular flexibility index (Phi) is 17.9. The van der Waals surface area contributed by atoms with Gasteiger partial charge in [-0.15, -0.1) is 5.10 Å². The van der Waals surface area contributed by atoms with E-state index in [4.69, 9.17) is 23.7 Å². The Morgan fingerprint density at radius 2 is 1.28 bits per heavy atom. The molecule has 0 spiro atoms. The van der Waals surface area contributed by atoms with Crippen LogP contribution in [0.1, 0.15) is 115 Å². The number of likely N-dealkylation sites (N-methyl/N-ethyl adjacent to an activating group) is 1. The average molecular weight is 1030 g/mol. The number of hydrogen-bond donors (Lipinski definition) is 1. The summed E-state index contributed by atoms with van der Waals surface area (Å²) in [6, 6.07) is 30.4. The van der Waals surface area contributed by atoms with Crippen molar-refractivity contribution < 1.29 is 48.2 Å². The lowest BCUT2D eigenvalue weighted by atomic mass is 9.92. The van der Waals surface area contributed by atoms with Crippen molar-refractivity contribution in [2.24, 2.45) is 0 Å². The first-order chi connectivity index (χ1) is 37.1. The van der Waals surface area contributed by atoms with Gasteiger partial charge in [-0.2, -0.15) is 0 Å². The highest BCUT2D eigenvalue weighted by Crippen LogP contribution is 2.37. The number of amides is 2. The molecule has 0 aliphatic carbocycles. The Hall–Kier alpha value is -7.80. The number of nitrogens with two attached hydrogens (primary N) is 1. The topological polar surface area (TPSA) is 189 Å². The van der Waals surface area contributed by atoms with E-state index in [0.29, 0.717) is 36.7 Å². The van der Waals surface area contributed by atoms with Gasteiger partial charge in [-0.1, -0.05) is 80.1 Å². The molecule has 3 aliphatic heterocycles. The minimum absolute atomic E-state index is 0.200. The maximum absolute atomic E-state index is 13.8. The fraction of sp³-hybridized carbons (Fsp3) is 0.379. The highest BCUT2D eigenvalue weighted by atomic mass is 16.5. The fourth-order valence-corrected chi connectivity index (χ4v) is 9.79. The van der Waals surface area contributed by atoms with Crippen molar-refractivity contribution in [2.45, 2.75) is 84.2 Å². The van der Waals surface area contributed by atoms with Crippen LogP contribution in [0, 0.1) is 0 Å². The van der Waals surface area contributed by atoms with Crippen LogP contribution in [0.3, 0.4) is 0 Å². The Morgan fingerprint density at radius 1 is 0.671 bits per heavy atom. The van der Waals surface area contributed by atoms with Gasteiger partial charge in [-0.05, 0) is 84.6 Å². The predicted molar refractivity (Wildman–Crippen MR) is 284 cm³/mol. The number of esters is 2. The van der Waals surface area contributed by atoms with E-state index in [0.717, 1.165) is 110 Å². The van der Waals surface area contributed by atoms with Crippen LogP contribution < -0.4 is 25.2 Å². The van der Waals surface area contributed by atoms with Crippen molar-refractivity contribution in [3.63, 3.8) is 0 Å². The highest BCUT2D eigenvalue weighted by Gasteiger charge is 2.34. The molecule has 397 valence electrons. The van der Waals surface area contributed by atoms with Crippen molar-refractivity contribution >= 4 is 40.2 Å². The molecule has 1 aromatic heterocycles. The van der Waals surface area contributed by atoms with Gasteiger partial charge in [0.2, 0.25) is 0 Å². The number of nitrogens with zero attached hydrogens (tertiary/aromatic N) is 8. The number of aromatic nitrogens is 3. The molecule has 76 heavy (non-hydrogen) atoms. The van der Waals surface area contributed by atoms with Crippen molar-refractivity contribution in [1.29, 1.82) is 0 Å². The van der Waals surface area contributed by atoms with E-state index in [1.165, 1.54) is 68.6 Å². The first-order valence-corrected chi connectivity index (χ1v) is 26.3. The molecule has 0 unspecified atom stereocenters. The molecule has 9 rings (SSSR count). The molecule has 4 heterocycles. The maximum atomic E-state index is 13.8. The standard InChI is InChI=1S/C58H66N9O9/c1-63-47(40-76-49-32-44(57(70)72-2)31-45(33-49)58(71)73-3)38-66(62-63)26-11-9-7-5-4-6-8-10-25-65-37-46(60-61-65)39-75-48-21-19-42(20-22-48)35-59-34-41-15-17-43(18-16-41)36-67-55(68)51-14-12-13-50-53(64-27-29-74-30-28-64)24-23-52(54(50)51)56(67)69/h12-24,31-33,37-38,59H,4-11,25-30,34-36,39-40H2,1-3H3/p+1. The molecule has 1 fully saturated rings. The second-order valence-corrected chi connectivity index (χ2v) is 19.3. The summed E-state index contributed by atoms with van der Waals surface area (Å²) in [6.45, 7) is 6.86. The lowest BCUT2D eigenvalue weighted by Crippen LogP contribution is -2.80. The van der Waals surface area contributed by atoms with Gasteiger partial charge in [0.25, 0.3) is 11.8 Å². The van der Waals surface area contributed by atoms with Crippen molar-refractivity contribution in [1.82, 2.24) is 35.4 Å². The summed E-state index contributed by atoms with van der Waals surface area (Å²) in [5, 5.41) is 16.2. The number of imide groups is 1. The summed E-state index contributed by atoms with van der Waals surface area (Å²) in [6.07, 6.45) is 13.0. The molecule has 18 nitrogen and oxygen atoms in total. The number of benzene rings is 5. The first-order valence-electron chi connectivity index (χ1n) is 26.3. The molecule has 1 saturated heterocycles. The quantitative estimate of drug-likeness (QED) is 0.0326. The zero-order chi connectivity index (χ0) is 52.8. The van der Waals surface area contributed by atoms with E-state index < -0.39 is 11.9 Å². The van der Waals surface area contributed by atoms with E-state index in [2.05, 4.69) is 50.3 Å². The number of aryl methyl sites for hydroxylation is 1. The third kappa shape index (κ3) is 13.3. The van der Waals surface area contributed by atoms with Crippen molar-refractivity contribution in [2.75, 3.05) is 65.6 Å². The molecule has 6 aromatic rings. The van der Waals surface area contributed by atoms with Crippen LogP contribution in [0.15, 0.2) is 115 Å². The van der Waals surface area contributed by atoms with Gasteiger partial charge < -0.3 is 33.9 Å². The van der Waals surface area contributed by atoms with Gasteiger partial charge in [-0.25, -0.2) is 9.59 Å². The fourth-order valence-electron chi connectivity index (χ4n) is 9.79. The van der Waals surface area contributed by atoms with Crippen LogP contribution >= 0.6 is 0 Å². The Labute approximate surface area is 443 Å². The first kappa shape index (κ1) is 53.0. The molecule has 18 heteroatoms. The third-order valence-electron chi connectivity index (χ3n) is 14.0. The normalized spacial score (nSPS) is 14.4. The van der Waals surface area contributed by atoms with Crippen LogP contribution in [0.5, 0.6) is 11.5 Å². The largest absolute Gasteiger partial charge is 0.487 e. The smallest absolute Gasteiger partial charge is 0.338 e. The number of morpholine rings is 1. The van der Waals surface area contributed by atoms with E-state index in [-0.39, 0.29) is 36.1 Å². The summed E-state index contributed by atoms with van der Waals surface area (Å²) < 4.78 is 29.1. The molecule has 1 radical (unpaired) electrons. The van der Waals surface area contributed by atoms with Gasteiger partial charge in [0.15, 0.2) is 0 Å². The average Bonchev–Trinajstić information content (AvgIpc) is 4.11. The monoisotopic (exact) mass is 1030 g/mol. The number of carbonyl (C=O) groups is 4. The summed E-state index contributed by atoms with van der Waals surface area (Å²) in [5.41, 5.74) is 12.0. The SMILES string of the molecule is COC(=O)c1cc(OCC2=CN(CCCCCCCCCCn3cc(COc4ccc(C[NH2+]Cc5ccc(CN6C(=O)c7cccc8c(N9CCOCC9)ccc(c78)C6=O)cc5)cc4)nn3)[N]N2C)cc(C(=O)OC)c1. The van der Waals surface area contributed by atoms with Crippen LogP contribution in [0.25, 0.3) is 10.8 Å². The number of ether oxygens (including phenoxy) is 5. The summed E-state index contributed by atoms with van der Waals surface area (Å²) in [7, 11) is 4.42. The Bertz CT molecular complexity index is 2950. The second-order valence-electron chi connectivity index (χ2n) is 19.3. The van der Waals surface area contributed by atoms with E-state index in [1.807, 2.05) is 83.7 Å². The third-order valence-corrected chi connectivity index (χ3v) is 14.0. The number of carbonyl (C=O) groups excluding carboxylic acids is 4. The van der Waals surface area contributed by atoms with Gasteiger partial charge in [0, 0.05) is 78.1 Å². The summed E-state index contributed by atoms with van der Waals surface area (Å²) >= 11 is 0. The number of hydrogen-bond acceptors (Lipinski definition) is 14. The van der Waals surface area contributed by atoms with E-state index in [9.17, 15) is 19.2 Å². The minimum atomic E-state index is -0.572. The molecular formula is C58H67N9O9+. The van der Waals surface area contributed by atoms with E-state index >= 15 is 0 Å². The second kappa shape index (κ2) is 25.6. The maximum Gasteiger partial charge on any atom is 0.338 e. The molecule has 0 atom stereocenters. The van der Waals surface area contributed by atoms with Crippen LogP contribution in [0.4, 0.5) is 5.69 Å². The van der Waals surface area contributed by atoms with Gasteiger partial charge >= 0.3 is 11.9 Å². The number of anilines is 1. The van der Waals surface area contributed by atoms with Crippen LogP contribution in [-0.2, 0) is 47.0 Å². The van der Waals surface area contributed by atoms with E-state index in [1.54, 1.807) is 5.01 Å². The molecule has 3 aliphatic rings. The number of methoxy groups -OCH3 is 2. The van der Waals surface area contributed by atoms with Crippen molar-refractivity contribution in [3.05, 3.63) is 160 Å². The van der Waals surface area contributed by atoms with Gasteiger partial charge in [0.05, 0.1) is 57.0 Å². The minimum Gasteiger partial charge on any atom is -0.487 e. The number of unbranched alkanes of at least 4 members (excludes halogenated alkanes) is 7. The molecule has 0 saturated carbocycles. The molecule has 0 bridgehead atoms. The van der Waals surface area contributed by atoms with Crippen LogP contribution in [0.2, 0.25) is 0 Å². The zero-order valence-corrected chi connectivity index (χ0v) is 43.7. The molecule has 5 aromatic carbocycles. The molecule has 2 amide bonds.